The molecule has 26 heavy (non-hydrogen) atoms. The Hall–Kier alpha value is -2.77. The summed E-state index contributed by atoms with van der Waals surface area (Å²) >= 11 is 1.31. The summed E-state index contributed by atoms with van der Waals surface area (Å²) in [4.78, 5) is 17.0. The lowest BCUT2D eigenvalue weighted by molar-refractivity contribution is 0.169. The van der Waals surface area contributed by atoms with Crippen LogP contribution in [0.4, 0.5) is 4.79 Å². The number of amidine groups is 1. The van der Waals surface area contributed by atoms with Crippen molar-refractivity contribution in [2.24, 2.45) is 4.99 Å². The quantitative estimate of drug-likeness (QED) is 0.788. The van der Waals surface area contributed by atoms with Crippen LogP contribution in [-0.2, 0) is 5.41 Å². The molecule has 1 aromatic rings. The third kappa shape index (κ3) is 4.44. The van der Waals surface area contributed by atoms with E-state index >= 15 is 0 Å². The summed E-state index contributed by atoms with van der Waals surface area (Å²) in [6, 6.07) is 11.2. The fraction of sp³-hybridized carbons (Fsp3) is 0.368. The second-order valence-corrected chi connectivity index (χ2v) is 7.87. The molecule has 0 radical (unpaired) electrons. The summed E-state index contributed by atoms with van der Waals surface area (Å²) in [5, 5.41) is 28.3. The number of benzene rings is 1. The van der Waals surface area contributed by atoms with Gasteiger partial charge >= 0.3 is 6.09 Å². The molecule has 0 bridgehead atoms. The number of hydrogen-bond acceptors (Lipinski definition) is 5. The monoisotopic (exact) mass is 368 g/mol. The first-order valence-electron chi connectivity index (χ1n) is 8.15. The van der Waals surface area contributed by atoms with Gasteiger partial charge in [0.05, 0.1) is 0 Å². The van der Waals surface area contributed by atoms with Crippen LogP contribution in [0.1, 0.15) is 38.3 Å². The maximum Gasteiger partial charge on any atom is 0.413 e. The molecule has 0 spiro atoms. The van der Waals surface area contributed by atoms with Crippen LogP contribution in [0.5, 0.6) is 0 Å². The number of nitriles is 2. The Bertz CT molecular complexity index is 820. The van der Waals surface area contributed by atoms with Gasteiger partial charge in [0.15, 0.2) is 10.7 Å². The third-order valence-electron chi connectivity index (χ3n) is 3.91. The van der Waals surface area contributed by atoms with Crippen molar-refractivity contribution in [2.75, 3.05) is 12.3 Å². The Labute approximate surface area is 157 Å². The van der Waals surface area contributed by atoms with E-state index in [1.165, 1.54) is 11.8 Å². The number of carboxylic acid groups (broad SMARTS) is 1. The van der Waals surface area contributed by atoms with Gasteiger partial charge in [0.25, 0.3) is 0 Å². The summed E-state index contributed by atoms with van der Waals surface area (Å²) in [7, 11) is 0. The van der Waals surface area contributed by atoms with Crippen LogP contribution in [0.2, 0.25) is 0 Å². The number of rotatable bonds is 2. The zero-order chi connectivity index (χ0) is 19.3. The van der Waals surface area contributed by atoms with Crippen molar-refractivity contribution in [3.8, 4) is 12.1 Å². The van der Waals surface area contributed by atoms with Crippen LogP contribution >= 0.6 is 11.8 Å². The van der Waals surface area contributed by atoms with Crippen molar-refractivity contribution in [2.45, 2.75) is 32.6 Å². The molecule has 0 saturated carbocycles. The van der Waals surface area contributed by atoms with Crippen LogP contribution in [0, 0.1) is 22.7 Å². The maximum absolute atomic E-state index is 11.4. The van der Waals surface area contributed by atoms with E-state index in [-0.39, 0.29) is 16.7 Å². The van der Waals surface area contributed by atoms with Gasteiger partial charge in [0, 0.05) is 17.9 Å². The van der Waals surface area contributed by atoms with Gasteiger partial charge in [-0.2, -0.15) is 10.5 Å². The lowest BCUT2D eigenvalue weighted by atomic mass is 9.86. The average Bonchev–Trinajstić information content (AvgIpc) is 2.61. The highest BCUT2D eigenvalue weighted by molar-refractivity contribution is 8.13. The van der Waals surface area contributed by atoms with Crippen molar-refractivity contribution >= 4 is 28.7 Å². The number of aliphatic imine (C=N–C) groups is 1. The minimum absolute atomic E-state index is 0.0269. The molecule has 1 amide bonds. The minimum Gasteiger partial charge on any atom is -0.465 e. The molecule has 1 aliphatic heterocycles. The number of amides is 1. The summed E-state index contributed by atoms with van der Waals surface area (Å²) in [6.07, 6.45) is -0.354. The van der Waals surface area contributed by atoms with E-state index in [1.54, 1.807) is 0 Å². The van der Waals surface area contributed by atoms with Gasteiger partial charge in [0.1, 0.15) is 17.8 Å². The summed E-state index contributed by atoms with van der Waals surface area (Å²) in [5.41, 5.74) is 1.76. The number of carbonyl (C=O) groups is 1. The molecule has 6 nitrogen and oxygen atoms in total. The molecule has 0 aliphatic carbocycles. The third-order valence-corrected chi connectivity index (χ3v) is 4.97. The van der Waals surface area contributed by atoms with Gasteiger partial charge < -0.3 is 5.11 Å². The van der Waals surface area contributed by atoms with Crippen molar-refractivity contribution in [3.05, 3.63) is 41.0 Å². The predicted molar refractivity (Wildman–Crippen MR) is 103 cm³/mol. The number of hydrogen-bond donors (Lipinski definition) is 1. The molecular weight excluding hydrogens is 348 g/mol. The summed E-state index contributed by atoms with van der Waals surface area (Å²) in [6.45, 7) is 6.64. The SMILES string of the molecule is CC(C)(C)c1ccc(C(N=C2SCCCN2C(=O)O)=C(C#N)C#N)cc1. The van der Waals surface area contributed by atoms with Crippen molar-refractivity contribution in [1.29, 1.82) is 10.5 Å². The largest absolute Gasteiger partial charge is 0.465 e. The standard InChI is InChI=1S/C19H20N4O2S/c1-19(2,3)15-7-5-13(6-8-15)16(14(11-20)12-21)22-17-23(18(24)25)9-4-10-26-17/h5-8H,4,9-10H2,1-3H3,(H,24,25). The van der Waals surface area contributed by atoms with Crippen LogP contribution in [0.3, 0.4) is 0 Å². The zero-order valence-corrected chi connectivity index (χ0v) is 15.8. The molecule has 1 fully saturated rings. The fourth-order valence-corrected chi connectivity index (χ4v) is 3.39. The van der Waals surface area contributed by atoms with Crippen LogP contribution < -0.4 is 0 Å². The molecule has 0 atom stereocenters. The van der Waals surface area contributed by atoms with Gasteiger partial charge in [0.2, 0.25) is 0 Å². The van der Waals surface area contributed by atoms with Gasteiger partial charge in [-0.25, -0.2) is 9.79 Å². The van der Waals surface area contributed by atoms with Gasteiger partial charge in [-0.05, 0) is 17.4 Å². The molecule has 7 heteroatoms. The molecule has 1 N–H and O–H groups in total. The normalized spacial score (nSPS) is 15.9. The Morgan fingerprint density at radius 3 is 2.35 bits per heavy atom. The molecule has 0 unspecified atom stereocenters. The van der Waals surface area contributed by atoms with Crippen LogP contribution in [0.25, 0.3) is 5.70 Å². The molecule has 1 heterocycles. The Morgan fingerprint density at radius 2 is 1.85 bits per heavy atom. The number of allylic oxidation sites excluding steroid dienone is 1. The topological polar surface area (TPSA) is 100 Å². The van der Waals surface area contributed by atoms with Crippen LogP contribution in [0.15, 0.2) is 34.8 Å². The molecule has 0 aromatic heterocycles. The Morgan fingerprint density at radius 1 is 1.23 bits per heavy atom. The van der Waals surface area contributed by atoms with E-state index < -0.39 is 6.09 Å². The highest BCUT2D eigenvalue weighted by Crippen LogP contribution is 2.28. The molecular formula is C19H20N4O2S. The predicted octanol–water partition coefficient (Wildman–Crippen LogP) is 4.22. The number of thioether (sulfide) groups is 1. The van der Waals surface area contributed by atoms with E-state index in [2.05, 4.69) is 25.8 Å². The first-order chi connectivity index (χ1) is 12.3. The zero-order valence-electron chi connectivity index (χ0n) is 15.0. The number of nitrogens with zero attached hydrogens (tertiary/aromatic N) is 4. The second-order valence-electron chi connectivity index (χ2n) is 6.81. The van der Waals surface area contributed by atoms with Gasteiger partial charge in [-0.15, -0.1) is 0 Å². The Kier molecular flexibility index (Phi) is 6.07. The molecule has 1 saturated heterocycles. The lowest BCUT2D eigenvalue weighted by Gasteiger charge is -2.25. The Balaban J connectivity index is 2.54. The maximum atomic E-state index is 11.4. The van der Waals surface area contributed by atoms with E-state index in [4.69, 9.17) is 0 Å². The summed E-state index contributed by atoms with van der Waals surface area (Å²) < 4.78 is 0. The van der Waals surface area contributed by atoms with Crippen molar-refractivity contribution < 1.29 is 9.90 Å². The highest BCUT2D eigenvalue weighted by Gasteiger charge is 2.24. The van der Waals surface area contributed by atoms with E-state index in [9.17, 15) is 20.4 Å². The van der Waals surface area contributed by atoms with E-state index in [0.29, 0.717) is 17.3 Å². The van der Waals surface area contributed by atoms with E-state index in [1.807, 2.05) is 36.4 Å². The molecule has 1 aromatic carbocycles. The first kappa shape index (κ1) is 19.6. The van der Waals surface area contributed by atoms with E-state index in [0.717, 1.165) is 22.6 Å². The van der Waals surface area contributed by atoms with Crippen molar-refractivity contribution in [3.63, 3.8) is 0 Å². The van der Waals surface area contributed by atoms with Crippen molar-refractivity contribution in [1.82, 2.24) is 4.90 Å². The smallest absolute Gasteiger partial charge is 0.413 e. The fourth-order valence-electron chi connectivity index (χ4n) is 2.45. The highest BCUT2D eigenvalue weighted by atomic mass is 32.2. The first-order valence-corrected chi connectivity index (χ1v) is 9.14. The second kappa shape index (κ2) is 8.07. The van der Waals surface area contributed by atoms with Gasteiger partial charge in [-0.1, -0.05) is 56.8 Å². The molecule has 2 rings (SSSR count). The molecule has 1 aliphatic rings. The minimum atomic E-state index is -1.09. The van der Waals surface area contributed by atoms with Crippen LogP contribution in [-0.4, -0.2) is 33.6 Å². The average molecular weight is 368 g/mol. The van der Waals surface area contributed by atoms with Gasteiger partial charge in [-0.3, -0.25) is 4.90 Å². The summed E-state index contributed by atoms with van der Waals surface area (Å²) in [5.74, 6) is 0.743. The molecule has 134 valence electrons. The lowest BCUT2D eigenvalue weighted by Crippen LogP contribution is -2.38.